The maximum absolute atomic E-state index is 11.9. The van der Waals surface area contributed by atoms with Crippen LogP contribution in [0.25, 0.3) is 0 Å². The molecule has 1 fully saturated rings. The minimum absolute atomic E-state index is 0.141. The molecule has 0 unspecified atom stereocenters. The van der Waals surface area contributed by atoms with Crippen LogP contribution in [0.4, 0.5) is 0 Å². The normalized spacial score (nSPS) is 24.7. The fraction of sp³-hybridized carbons (Fsp3) is 0.688. The predicted octanol–water partition coefficient (Wildman–Crippen LogP) is 2.29. The number of nitrogens with one attached hydrogen (secondary N) is 1. The van der Waals surface area contributed by atoms with Crippen molar-refractivity contribution >= 4 is 17.2 Å². The van der Waals surface area contributed by atoms with Gasteiger partial charge in [0.05, 0.1) is 12.2 Å². The molecule has 0 radical (unpaired) electrons. The zero-order chi connectivity index (χ0) is 15.2. The Kier molecular flexibility index (Phi) is 6.21. The molecule has 1 amide bonds. The average Bonchev–Trinajstić information content (AvgIpc) is 2.94. The Bertz CT molecular complexity index is 425. The molecule has 1 aromatic heterocycles. The van der Waals surface area contributed by atoms with E-state index in [1.54, 1.807) is 11.3 Å². The van der Waals surface area contributed by atoms with E-state index in [0.29, 0.717) is 19.0 Å². The van der Waals surface area contributed by atoms with Gasteiger partial charge in [-0.3, -0.25) is 9.69 Å². The summed E-state index contributed by atoms with van der Waals surface area (Å²) in [6.45, 7) is 8.97. The minimum atomic E-state index is 0.141. The van der Waals surface area contributed by atoms with Crippen LogP contribution >= 0.6 is 11.3 Å². The molecular weight excluding hydrogens is 284 g/mol. The third-order valence-corrected chi connectivity index (χ3v) is 4.62. The second kappa shape index (κ2) is 7.92. The van der Waals surface area contributed by atoms with E-state index in [0.717, 1.165) is 19.5 Å². The lowest BCUT2D eigenvalue weighted by Crippen LogP contribution is -2.52. The largest absolute Gasteiger partial charge is 0.373 e. The van der Waals surface area contributed by atoms with Crippen molar-refractivity contribution in [3.05, 3.63) is 22.4 Å². The first-order valence-corrected chi connectivity index (χ1v) is 8.66. The summed E-state index contributed by atoms with van der Waals surface area (Å²) in [7, 11) is 0. The summed E-state index contributed by atoms with van der Waals surface area (Å²) >= 11 is 1.68. The van der Waals surface area contributed by atoms with Crippen molar-refractivity contribution in [2.75, 3.05) is 19.6 Å². The molecule has 0 aromatic carbocycles. The maximum atomic E-state index is 11.9. The molecule has 21 heavy (non-hydrogen) atoms. The molecular formula is C16H26N2O2S. The molecule has 1 aromatic rings. The molecule has 0 spiro atoms. The molecule has 0 saturated carbocycles. The number of thiophene rings is 1. The third kappa shape index (κ3) is 5.41. The third-order valence-electron chi connectivity index (χ3n) is 3.89. The molecule has 118 valence electrons. The van der Waals surface area contributed by atoms with Gasteiger partial charge in [0.25, 0.3) is 0 Å². The quantitative estimate of drug-likeness (QED) is 0.876. The lowest BCUT2D eigenvalue weighted by molar-refractivity contribution is -0.121. The molecule has 2 rings (SSSR count). The number of nitrogens with zero attached hydrogens (tertiary/aromatic N) is 1. The van der Waals surface area contributed by atoms with E-state index < -0.39 is 0 Å². The van der Waals surface area contributed by atoms with Gasteiger partial charge in [-0.05, 0) is 49.6 Å². The van der Waals surface area contributed by atoms with Crippen molar-refractivity contribution in [1.29, 1.82) is 0 Å². The molecule has 5 heteroatoms. The van der Waals surface area contributed by atoms with Gasteiger partial charge < -0.3 is 10.1 Å². The highest BCUT2D eigenvalue weighted by molar-refractivity contribution is 7.07. The molecule has 1 aliphatic rings. The van der Waals surface area contributed by atoms with Gasteiger partial charge >= 0.3 is 0 Å². The van der Waals surface area contributed by atoms with Crippen LogP contribution in [-0.4, -0.2) is 48.7 Å². The van der Waals surface area contributed by atoms with E-state index in [1.807, 2.05) is 0 Å². The monoisotopic (exact) mass is 310 g/mol. The van der Waals surface area contributed by atoms with Gasteiger partial charge in [0.15, 0.2) is 0 Å². The van der Waals surface area contributed by atoms with Crippen molar-refractivity contribution in [2.24, 2.45) is 0 Å². The number of aryl methyl sites for hydroxylation is 1. The van der Waals surface area contributed by atoms with E-state index in [2.05, 4.69) is 47.8 Å². The van der Waals surface area contributed by atoms with Crippen molar-refractivity contribution in [3.8, 4) is 0 Å². The van der Waals surface area contributed by atoms with E-state index >= 15 is 0 Å². The Morgan fingerprint density at radius 3 is 2.81 bits per heavy atom. The van der Waals surface area contributed by atoms with E-state index in [4.69, 9.17) is 4.74 Å². The number of ether oxygens (including phenoxy) is 1. The molecule has 2 heterocycles. The Balaban J connectivity index is 1.68. The number of amides is 1. The Morgan fingerprint density at radius 2 is 2.19 bits per heavy atom. The minimum Gasteiger partial charge on any atom is -0.373 e. The lowest BCUT2D eigenvalue weighted by Gasteiger charge is -2.39. The van der Waals surface area contributed by atoms with Gasteiger partial charge in [0.1, 0.15) is 0 Å². The number of rotatable bonds is 6. The van der Waals surface area contributed by atoms with Crippen LogP contribution in [0.15, 0.2) is 16.8 Å². The van der Waals surface area contributed by atoms with Crippen LogP contribution in [0.1, 0.15) is 32.8 Å². The molecule has 1 N–H and O–H groups in total. The van der Waals surface area contributed by atoms with Gasteiger partial charge in [0.2, 0.25) is 5.91 Å². The summed E-state index contributed by atoms with van der Waals surface area (Å²) in [5.41, 5.74) is 1.25. The first kappa shape index (κ1) is 16.5. The van der Waals surface area contributed by atoms with Gasteiger partial charge in [-0.1, -0.05) is 0 Å². The first-order valence-electron chi connectivity index (χ1n) is 7.72. The first-order chi connectivity index (χ1) is 10.0. The van der Waals surface area contributed by atoms with Gasteiger partial charge in [-0.25, -0.2) is 0 Å². The Morgan fingerprint density at radius 1 is 1.48 bits per heavy atom. The highest BCUT2D eigenvalue weighted by Gasteiger charge is 2.25. The van der Waals surface area contributed by atoms with Crippen molar-refractivity contribution in [1.82, 2.24) is 10.2 Å². The Hall–Kier alpha value is -0.910. The zero-order valence-electron chi connectivity index (χ0n) is 13.2. The second-order valence-electron chi connectivity index (χ2n) is 6.00. The smallest absolute Gasteiger partial charge is 0.220 e. The summed E-state index contributed by atoms with van der Waals surface area (Å²) in [6.07, 6.45) is 1.94. The summed E-state index contributed by atoms with van der Waals surface area (Å²) in [5.74, 6) is 0.141. The summed E-state index contributed by atoms with van der Waals surface area (Å²) in [6, 6.07) is 2.43. The second-order valence-corrected chi connectivity index (χ2v) is 6.78. The molecule has 1 saturated heterocycles. The molecule has 3 atom stereocenters. The van der Waals surface area contributed by atoms with Gasteiger partial charge in [-0.15, -0.1) is 0 Å². The SMILES string of the molecule is C[C@@H]1CN([C@H](C)CNC(=O)CCc2ccsc2)C[C@@H](C)O1. The topological polar surface area (TPSA) is 41.6 Å². The average molecular weight is 310 g/mol. The summed E-state index contributed by atoms with van der Waals surface area (Å²) in [4.78, 5) is 14.3. The van der Waals surface area contributed by atoms with Gasteiger partial charge in [-0.2, -0.15) is 11.3 Å². The van der Waals surface area contributed by atoms with E-state index in [-0.39, 0.29) is 18.1 Å². The molecule has 1 aliphatic heterocycles. The number of carbonyl (C=O) groups is 1. The number of hydrogen-bond acceptors (Lipinski definition) is 4. The van der Waals surface area contributed by atoms with Crippen molar-refractivity contribution in [3.63, 3.8) is 0 Å². The standard InChI is InChI=1S/C16H26N2O2S/c1-12(18-9-13(2)20-14(3)10-18)8-17-16(19)5-4-15-6-7-21-11-15/h6-7,11-14H,4-5,8-10H2,1-3H3,(H,17,19)/t12-,13-,14-/m1/s1. The number of hydrogen-bond donors (Lipinski definition) is 1. The van der Waals surface area contributed by atoms with Crippen LogP contribution in [-0.2, 0) is 16.0 Å². The van der Waals surface area contributed by atoms with Crippen LogP contribution in [0.5, 0.6) is 0 Å². The zero-order valence-corrected chi connectivity index (χ0v) is 14.0. The fourth-order valence-corrected chi connectivity index (χ4v) is 3.45. The van der Waals surface area contributed by atoms with Crippen LogP contribution < -0.4 is 5.32 Å². The highest BCUT2D eigenvalue weighted by atomic mass is 32.1. The van der Waals surface area contributed by atoms with E-state index in [1.165, 1.54) is 5.56 Å². The molecule has 0 aliphatic carbocycles. The summed E-state index contributed by atoms with van der Waals surface area (Å²) < 4.78 is 5.74. The number of morpholine rings is 1. The van der Waals surface area contributed by atoms with Crippen LogP contribution in [0.3, 0.4) is 0 Å². The van der Waals surface area contributed by atoms with E-state index in [9.17, 15) is 4.79 Å². The maximum Gasteiger partial charge on any atom is 0.220 e. The Labute approximate surface area is 131 Å². The highest BCUT2D eigenvalue weighted by Crippen LogP contribution is 2.13. The van der Waals surface area contributed by atoms with Crippen molar-refractivity contribution in [2.45, 2.75) is 51.9 Å². The predicted molar refractivity (Wildman–Crippen MR) is 86.7 cm³/mol. The number of carbonyl (C=O) groups excluding carboxylic acids is 1. The fourth-order valence-electron chi connectivity index (χ4n) is 2.75. The molecule has 4 nitrogen and oxygen atoms in total. The van der Waals surface area contributed by atoms with Crippen LogP contribution in [0, 0.1) is 0 Å². The molecule has 0 bridgehead atoms. The van der Waals surface area contributed by atoms with Crippen molar-refractivity contribution < 1.29 is 9.53 Å². The van der Waals surface area contributed by atoms with Gasteiger partial charge in [0, 0.05) is 32.1 Å². The van der Waals surface area contributed by atoms with Crippen LogP contribution in [0.2, 0.25) is 0 Å². The lowest BCUT2D eigenvalue weighted by atomic mass is 10.1. The summed E-state index contributed by atoms with van der Waals surface area (Å²) in [5, 5.41) is 7.21.